The Morgan fingerprint density at radius 1 is 1.42 bits per heavy atom. The van der Waals surface area contributed by atoms with Crippen molar-refractivity contribution in [2.75, 3.05) is 11.4 Å². The van der Waals surface area contributed by atoms with Gasteiger partial charge in [-0.1, -0.05) is 12.1 Å². The molecular formula is C10H12BrN. The van der Waals surface area contributed by atoms with E-state index in [1.165, 1.54) is 23.1 Å². The molecular weight excluding hydrogens is 214 g/mol. The molecule has 2 rings (SSSR count). The van der Waals surface area contributed by atoms with E-state index in [-0.39, 0.29) is 0 Å². The minimum atomic E-state index is 0.712. The average Bonchev–Trinajstić information content (AvgIpc) is 2.06. The molecule has 0 N–H and O–H groups in total. The summed E-state index contributed by atoms with van der Waals surface area (Å²) in [6.45, 7) is 3.46. The standard InChI is InChI=1S/C10H12BrN/c1-8-6-7-12(8)10-5-3-2-4-9(10)11/h2-5,8H,6-7H2,1H3. The van der Waals surface area contributed by atoms with Crippen molar-refractivity contribution in [1.29, 1.82) is 0 Å². The van der Waals surface area contributed by atoms with Crippen LogP contribution in [0.4, 0.5) is 5.69 Å². The summed E-state index contributed by atoms with van der Waals surface area (Å²) >= 11 is 3.56. The monoisotopic (exact) mass is 225 g/mol. The number of nitrogens with zero attached hydrogens (tertiary/aromatic N) is 1. The summed E-state index contributed by atoms with van der Waals surface area (Å²) in [5, 5.41) is 0. The van der Waals surface area contributed by atoms with Crippen molar-refractivity contribution in [2.45, 2.75) is 19.4 Å². The van der Waals surface area contributed by atoms with Gasteiger partial charge in [0.05, 0.1) is 5.69 Å². The third kappa shape index (κ3) is 1.24. The van der Waals surface area contributed by atoms with Crippen LogP contribution in [-0.4, -0.2) is 12.6 Å². The van der Waals surface area contributed by atoms with Gasteiger partial charge in [-0.3, -0.25) is 0 Å². The van der Waals surface area contributed by atoms with Crippen LogP contribution < -0.4 is 4.90 Å². The normalized spacial score (nSPS) is 22.2. The Morgan fingerprint density at radius 2 is 2.17 bits per heavy atom. The first-order valence-electron chi connectivity index (χ1n) is 4.30. The fourth-order valence-corrected chi connectivity index (χ4v) is 2.07. The molecule has 0 aromatic heterocycles. The van der Waals surface area contributed by atoms with Crippen LogP contribution in [0.2, 0.25) is 0 Å². The highest BCUT2D eigenvalue weighted by Crippen LogP contribution is 2.32. The number of hydrogen-bond acceptors (Lipinski definition) is 1. The van der Waals surface area contributed by atoms with Gasteiger partial charge in [0, 0.05) is 17.1 Å². The molecule has 1 unspecified atom stereocenters. The van der Waals surface area contributed by atoms with E-state index in [1.807, 2.05) is 0 Å². The molecule has 1 aliphatic heterocycles. The highest BCUT2D eigenvalue weighted by molar-refractivity contribution is 9.10. The number of rotatable bonds is 1. The van der Waals surface area contributed by atoms with Crippen molar-refractivity contribution in [3.05, 3.63) is 28.7 Å². The Hall–Kier alpha value is -0.500. The van der Waals surface area contributed by atoms with E-state index in [0.717, 1.165) is 0 Å². The lowest BCUT2D eigenvalue weighted by Crippen LogP contribution is -2.45. The molecule has 0 spiro atoms. The number of para-hydroxylation sites is 1. The smallest absolute Gasteiger partial charge is 0.0513 e. The number of benzene rings is 1. The molecule has 2 heteroatoms. The molecule has 0 amide bonds. The van der Waals surface area contributed by atoms with Crippen LogP contribution in [0.1, 0.15) is 13.3 Å². The molecule has 1 fully saturated rings. The summed E-state index contributed by atoms with van der Waals surface area (Å²) in [7, 11) is 0. The van der Waals surface area contributed by atoms with Gasteiger partial charge in [-0.25, -0.2) is 0 Å². The lowest BCUT2D eigenvalue weighted by Gasteiger charge is -2.41. The third-order valence-corrected chi connectivity index (χ3v) is 3.15. The van der Waals surface area contributed by atoms with E-state index in [0.29, 0.717) is 6.04 Å². The van der Waals surface area contributed by atoms with Crippen molar-refractivity contribution in [1.82, 2.24) is 0 Å². The zero-order valence-electron chi connectivity index (χ0n) is 7.13. The maximum Gasteiger partial charge on any atom is 0.0513 e. The summed E-state index contributed by atoms with van der Waals surface area (Å²) in [5.74, 6) is 0. The van der Waals surface area contributed by atoms with Crippen molar-refractivity contribution >= 4 is 21.6 Å². The fraction of sp³-hybridized carbons (Fsp3) is 0.400. The molecule has 64 valence electrons. The number of hydrogen-bond donors (Lipinski definition) is 0. The lowest BCUT2D eigenvalue weighted by molar-refractivity contribution is 0.480. The Balaban J connectivity index is 2.27. The second-order valence-corrected chi connectivity index (χ2v) is 4.14. The number of anilines is 1. The molecule has 0 aliphatic carbocycles. The van der Waals surface area contributed by atoms with E-state index in [2.05, 4.69) is 52.0 Å². The predicted octanol–water partition coefficient (Wildman–Crippen LogP) is 3.05. The van der Waals surface area contributed by atoms with Gasteiger partial charge in [0.15, 0.2) is 0 Å². The predicted molar refractivity (Wildman–Crippen MR) is 55.6 cm³/mol. The molecule has 1 aromatic rings. The minimum absolute atomic E-state index is 0.712. The zero-order chi connectivity index (χ0) is 8.55. The molecule has 0 saturated carbocycles. The van der Waals surface area contributed by atoms with E-state index >= 15 is 0 Å². The van der Waals surface area contributed by atoms with Gasteiger partial charge in [0.1, 0.15) is 0 Å². The zero-order valence-corrected chi connectivity index (χ0v) is 8.71. The highest BCUT2D eigenvalue weighted by Gasteiger charge is 2.24. The quantitative estimate of drug-likeness (QED) is 0.711. The van der Waals surface area contributed by atoms with E-state index in [1.54, 1.807) is 0 Å². The molecule has 1 atom stereocenters. The van der Waals surface area contributed by atoms with Gasteiger partial charge in [-0.15, -0.1) is 0 Å². The maximum absolute atomic E-state index is 3.56. The SMILES string of the molecule is CC1CCN1c1ccccc1Br. The molecule has 0 bridgehead atoms. The van der Waals surface area contributed by atoms with Crippen LogP contribution >= 0.6 is 15.9 Å². The lowest BCUT2D eigenvalue weighted by atomic mass is 10.0. The van der Waals surface area contributed by atoms with Crippen LogP contribution in [0.5, 0.6) is 0 Å². The Bertz CT molecular complexity index is 285. The van der Waals surface area contributed by atoms with Crippen molar-refractivity contribution in [3.63, 3.8) is 0 Å². The number of halogens is 1. The largest absolute Gasteiger partial charge is 0.368 e. The maximum atomic E-state index is 3.56. The van der Waals surface area contributed by atoms with Crippen LogP contribution in [-0.2, 0) is 0 Å². The summed E-state index contributed by atoms with van der Waals surface area (Å²) in [6.07, 6.45) is 1.32. The molecule has 12 heavy (non-hydrogen) atoms. The first kappa shape index (κ1) is 8.11. The Kier molecular flexibility index (Phi) is 2.09. The summed E-state index contributed by atoms with van der Waals surface area (Å²) in [5.41, 5.74) is 1.33. The van der Waals surface area contributed by atoms with Gasteiger partial charge in [0.2, 0.25) is 0 Å². The average molecular weight is 226 g/mol. The van der Waals surface area contributed by atoms with Gasteiger partial charge < -0.3 is 4.90 Å². The molecule has 1 aromatic carbocycles. The molecule has 0 radical (unpaired) electrons. The fourth-order valence-electron chi connectivity index (χ4n) is 1.56. The summed E-state index contributed by atoms with van der Waals surface area (Å²) in [6, 6.07) is 9.12. The highest BCUT2D eigenvalue weighted by atomic mass is 79.9. The van der Waals surface area contributed by atoms with Gasteiger partial charge in [-0.2, -0.15) is 0 Å². The van der Waals surface area contributed by atoms with Crippen LogP contribution in [0.15, 0.2) is 28.7 Å². The van der Waals surface area contributed by atoms with E-state index in [4.69, 9.17) is 0 Å². The summed E-state index contributed by atoms with van der Waals surface area (Å²) in [4.78, 5) is 2.42. The van der Waals surface area contributed by atoms with Crippen molar-refractivity contribution in [2.24, 2.45) is 0 Å². The molecule has 1 saturated heterocycles. The first-order chi connectivity index (χ1) is 5.79. The topological polar surface area (TPSA) is 3.24 Å². The molecule has 1 nitrogen and oxygen atoms in total. The van der Waals surface area contributed by atoms with E-state index < -0.39 is 0 Å². The van der Waals surface area contributed by atoms with Crippen molar-refractivity contribution < 1.29 is 0 Å². The van der Waals surface area contributed by atoms with Gasteiger partial charge in [0.25, 0.3) is 0 Å². The Morgan fingerprint density at radius 3 is 2.67 bits per heavy atom. The first-order valence-corrected chi connectivity index (χ1v) is 5.09. The van der Waals surface area contributed by atoms with Crippen LogP contribution in [0.25, 0.3) is 0 Å². The van der Waals surface area contributed by atoms with Gasteiger partial charge in [-0.05, 0) is 41.4 Å². The summed E-state index contributed by atoms with van der Waals surface area (Å²) < 4.78 is 1.21. The third-order valence-electron chi connectivity index (χ3n) is 2.48. The van der Waals surface area contributed by atoms with Crippen molar-refractivity contribution in [3.8, 4) is 0 Å². The minimum Gasteiger partial charge on any atom is -0.368 e. The second-order valence-electron chi connectivity index (χ2n) is 3.28. The molecule has 1 heterocycles. The van der Waals surface area contributed by atoms with Gasteiger partial charge >= 0.3 is 0 Å². The Labute approximate surface area is 81.5 Å². The molecule has 1 aliphatic rings. The second kappa shape index (κ2) is 3.09. The van der Waals surface area contributed by atoms with E-state index in [9.17, 15) is 0 Å². The van der Waals surface area contributed by atoms with Crippen LogP contribution in [0.3, 0.4) is 0 Å². The van der Waals surface area contributed by atoms with Crippen LogP contribution in [0, 0.1) is 0 Å².